The second-order valence-electron chi connectivity index (χ2n) is 12.8. The molecule has 4 aromatic rings. The molecule has 44 heavy (non-hydrogen) atoms. The molecule has 0 unspecified atom stereocenters. The van der Waals surface area contributed by atoms with Gasteiger partial charge in [0.25, 0.3) is 5.91 Å². The highest BCUT2D eigenvalue weighted by Gasteiger charge is 2.31. The predicted molar refractivity (Wildman–Crippen MR) is 176 cm³/mol. The van der Waals surface area contributed by atoms with Crippen molar-refractivity contribution in [2.24, 2.45) is 11.1 Å². The molecule has 1 fully saturated rings. The number of benzene rings is 1. The molecule has 2 aliphatic heterocycles. The Bertz CT molecular complexity index is 1740. The zero-order valence-corrected chi connectivity index (χ0v) is 26.0. The van der Waals surface area contributed by atoms with Crippen molar-refractivity contribution in [3.8, 4) is 5.88 Å². The van der Waals surface area contributed by atoms with E-state index in [-0.39, 0.29) is 0 Å². The van der Waals surface area contributed by atoms with Gasteiger partial charge in [-0.2, -0.15) is 4.98 Å². The van der Waals surface area contributed by atoms with Gasteiger partial charge in [0.05, 0.1) is 12.1 Å². The SMILES string of the molecule is CC1(C)CCC(CN2CCN(c3ccc(C(N)=O)c(N4CCOc5nc6[nH]ccc6cc54)n3)CC2)=C(c2ccc(Cl)cc2)C1. The Labute approximate surface area is 262 Å². The maximum atomic E-state index is 12.5. The molecule has 228 valence electrons. The molecule has 1 aromatic carbocycles. The number of H-pyrrole nitrogens is 1. The lowest BCUT2D eigenvalue weighted by atomic mass is 9.72. The molecule has 1 saturated heterocycles. The first-order valence-corrected chi connectivity index (χ1v) is 15.8. The number of rotatable bonds is 6. The lowest BCUT2D eigenvalue weighted by Crippen LogP contribution is -2.47. The Hall–Kier alpha value is -4.08. The first-order valence-electron chi connectivity index (χ1n) is 15.4. The van der Waals surface area contributed by atoms with Crippen LogP contribution in [0.15, 0.2) is 60.3 Å². The second-order valence-corrected chi connectivity index (χ2v) is 13.3. The number of aromatic nitrogens is 3. The lowest BCUT2D eigenvalue weighted by Gasteiger charge is -2.39. The Balaban J connectivity index is 1.11. The van der Waals surface area contributed by atoms with Crippen LogP contribution in [0.2, 0.25) is 5.02 Å². The van der Waals surface area contributed by atoms with Crippen molar-refractivity contribution in [3.05, 3.63) is 76.5 Å². The molecular formula is C34H38ClN7O2. The molecule has 0 bridgehead atoms. The lowest BCUT2D eigenvalue weighted by molar-refractivity contribution is 0.100. The van der Waals surface area contributed by atoms with E-state index in [1.807, 2.05) is 41.4 Å². The van der Waals surface area contributed by atoms with Crippen LogP contribution in [-0.4, -0.2) is 71.6 Å². The van der Waals surface area contributed by atoms with Gasteiger partial charge in [0.15, 0.2) is 0 Å². The van der Waals surface area contributed by atoms with Crippen molar-refractivity contribution < 1.29 is 9.53 Å². The largest absolute Gasteiger partial charge is 0.474 e. The summed E-state index contributed by atoms with van der Waals surface area (Å²) in [5.41, 5.74) is 12.4. The first kappa shape index (κ1) is 28.7. The number of nitrogens with zero attached hydrogens (tertiary/aromatic N) is 5. The summed E-state index contributed by atoms with van der Waals surface area (Å²) in [6.07, 6.45) is 5.26. The Morgan fingerprint density at radius 2 is 1.84 bits per heavy atom. The summed E-state index contributed by atoms with van der Waals surface area (Å²) < 4.78 is 5.88. The fourth-order valence-electron chi connectivity index (χ4n) is 6.71. The van der Waals surface area contributed by atoms with Crippen LogP contribution in [0.3, 0.4) is 0 Å². The maximum absolute atomic E-state index is 12.5. The van der Waals surface area contributed by atoms with Crippen LogP contribution in [0.25, 0.3) is 16.6 Å². The quantitative estimate of drug-likeness (QED) is 0.274. The summed E-state index contributed by atoms with van der Waals surface area (Å²) in [4.78, 5) is 32.2. The van der Waals surface area contributed by atoms with Gasteiger partial charge in [-0.25, -0.2) is 4.98 Å². The third-order valence-electron chi connectivity index (χ3n) is 9.20. The number of piperazine rings is 1. The number of pyridine rings is 2. The number of nitrogens with two attached hydrogens (primary N) is 1. The smallest absolute Gasteiger partial charge is 0.252 e. The normalized spacial score (nSPS) is 18.8. The number of ether oxygens (including phenoxy) is 1. The maximum Gasteiger partial charge on any atom is 0.252 e. The molecule has 3 N–H and O–H groups in total. The van der Waals surface area contributed by atoms with Gasteiger partial charge in [-0.3, -0.25) is 9.69 Å². The monoisotopic (exact) mass is 611 g/mol. The van der Waals surface area contributed by atoms with Gasteiger partial charge in [0.2, 0.25) is 5.88 Å². The van der Waals surface area contributed by atoms with E-state index in [2.05, 4.69) is 45.7 Å². The van der Waals surface area contributed by atoms with E-state index >= 15 is 0 Å². The number of hydrogen-bond donors (Lipinski definition) is 2. The standard InChI is InChI=1S/C34H38ClN7O2/c1-34(2)11-9-24(27(20-34)22-3-5-25(35)6-4-22)21-40-13-15-41(16-14-40)29-8-7-26(30(36)43)32(38-29)42-17-18-44-33-28(42)19-23-10-12-37-31(23)39-33/h3-8,10,12,19H,9,11,13-18,20-21H2,1-2H3,(H2,36,43)(H,37,39). The summed E-state index contributed by atoms with van der Waals surface area (Å²) in [7, 11) is 0. The Morgan fingerprint density at radius 1 is 1.05 bits per heavy atom. The van der Waals surface area contributed by atoms with E-state index in [1.54, 1.807) is 11.6 Å². The molecule has 0 saturated carbocycles. The summed E-state index contributed by atoms with van der Waals surface area (Å²) in [6.45, 7) is 10.3. The number of fused-ring (bicyclic) bond motifs is 2. The summed E-state index contributed by atoms with van der Waals surface area (Å²) >= 11 is 6.21. The number of allylic oxidation sites excluding steroid dienone is 1. The van der Waals surface area contributed by atoms with Crippen molar-refractivity contribution in [3.63, 3.8) is 0 Å². The number of amides is 1. The van der Waals surface area contributed by atoms with Crippen molar-refractivity contribution in [2.45, 2.75) is 33.1 Å². The van der Waals surface area contributed by atoms with Crippen LogP contribution in [-0.2, 0) is 0 Å². The fourth-order valence-corrected chi connectivity index (χ4v) is 6.83. The number of primary amides is 1. The van der Waals surface area contributed by atoms with Crippen LogP contribution >= 0.6 is 11.6 Å². The third kappa shape index (κ3) is 5.62. The van der Waals surface area contributed by atoms with E-state index < -0.39 is 5.91 Å². The van der Waals surface area contributed by atoms with Gasteiger partial charge >= 0.3 is 0 Å². The third-order valence-corrected chi connectivity index (χ3v) is 9.45. The molecule has 0 atom stereocenters. The van der Waals surface area contributed by atoms with Gasteiger partial charge < -0.3 is 25.3 Å². The zero-order chi connectivity index (χ0) is 30.4. The molecule has 1 amide bonds. The van der Waals surface area contributed by atoms with E-state index in [1.165, 1.54) is 17.6 Å². The zero-order valence-electron chi connectivity index (χ0n) is 25.3. The van der Waals surface area contributed by atoms with E-state index in [0.717, 1.165) is 73.1 Å². The highest BCUT2D eigenvalue weighted by molar-refractivity contribution is 6.30. The molecule has 3 aromatic heterocycles. The second kappa shape index (κ2) is 11.4. The van der Waals surface area contributed by atoms with Gasteiger partial charge in [-0.05, 0) is 72.2 Å². The molecule has 7 rings (SSSR count). The van der Waals surface area contributed by atoms with Crippen LogP contribution in [0.5, 0.6) is 5.88 Å². The number of hydrogen-bond acceptors (Lipinski definition) is 7. The van der Waals surface area contributed by atoms with Crippen LogP contribution in [0.1, 0.15) is 49.0 Å². The van der Waals surface area contributed by atoms with Crippen molar-refractivity contribution in [2.75, 3.05) is 55.7 Å². The topological polar surface area (TPSA) is 104 Å². The van der Waals surface area contributed by atoms with Crippen molar-refractivity contribution >= 4 is 51.4 Å². The van der Waals surface area contributed by atoms with E-state index in [4.69, 9.17) is 27.1 Å². The Morgan fingerprint density at radius 3 is 2.61 bits per heavy atom. The van der Waals surface area contributed by atoms with Gasteiger partial charge in [0.1, 0.15) is 29.6 Å². The predicted octanol–water partition coefficient (Wildman–Crippen LogP) is 6.03. The van der Waals surface area contributed by atoms with Gasteiger partial charge in [0, 0.05) is 49.3 Å². The van der Waals surface area contributed by atoms with Crippen LogP contribution in [0, 0.1) is 5.41 Å². The fraction of sp³-hybridized carbons (Fsp3) is 0.382. The van der Waals surface area contributed by atoms with Crippen LogP contribution < -0.4 is 20.3 Å². The van der Waals surface area contributed by atoms with Gasteiger partial charge in [-0.1, -0.05) is 43.2 Å². The average molecular weight is 612 g/mol. The molecule has 10 heteroatoms. The number of aromatic amines is 1. The van der Waals surface area contributed by atoms with Crippen molar-refractivity contribution in [1.82, 2.24) is 19.9 Å². The molecule has 0 radical (unpaired) electrons. The minimum absolute atomic E-state index is 0.294. The summed E-state index contributed by atoms with van der Waals surface area (Å²) in [5.74, 6) is 1.39. The molecule has 9 nitrogen and oxygen atoms in total. The van der Waals surface area contributed by atoms with E-state index in [0.29, 0.717) is 35.8 Å². The highest BCUT2D eigenvalue weighted by Crippen LogP contribution is 2.43. The average Bonchev–Trinajstić information content (AvgIpc) is 3.48. The minimum Gasteiger partial charge on any atom is -0.474 e. The van der Waals surface area contributed by atoms with Gasteiger partial charge in [-0.15, -0.1) is 0 Å². The summed E-state index contributed by atoms with van der Waals surface area (Å²) in [6, 6.07) is 16.0. The number of carbonyl (C=O) groups excluding carboxylic acids is 1. The number of carbonyl (C=O) groups is 1. The first-order chi connectivity index (χ1) is 21.2. The molecule has 1 aliphatic carbocycles. The molecule has 0 spiro atoms. The molecule has 3 aliphatic rings. The van der Waals surface area contributed by atoms with E-state index in [9.17, 15) is 4.79 Å². The molecule has 5 heterocycles. The highest BCUT2D eigenvalue weighted by atomic mass is 35.5. The number of anilines is 3. The van der Waals surface area contributed by atoms with Crippen LogP contribution in [0.4, 0.5) is 17.3 Å². The minimum atomic E-state index is -0.506. The Kier molecular flexibility index (Phi) is 7.46. The van der Waals surface area contributed by atoms with Crippen molar-refractivity contribution in [1.29, 1.82) is 0 Å². The summed E-state index contributed by atoms with van der Waals surface area (Å²) in [5, 5.41) is 1.73. The molecular weight excluding hydrogens is 574 g/mol. The number of nitrogens with one attached hydrogen (secondary N) is 1. The number of halogens is 1.